The van der Waals surface area contributed by atoms with Gasteiger partial charge in [-0.3, -0.25) is 4.79 Å². The molecule has 3 rings (SSSR count). The second-order valence-corrected chi connectivity index (χ2v) is 6.58. The zero-order valence-corrected chi connectivity index (χ0v) is 15.7. The standard InChI is InChI=1S/C22H27N3O/c1-3-25(4-2)19-15-13-18(14-16-19)22(26)24-23-21-12-8-6-10-17-9-5-7-11-20(17)21/h5,7,9,11,13-16H,3-4,6,8,10,12H2,1-2H3,(H,24,26)/b23-21-. The summed E-state index contributed by atoms with van der Waals surface area (Å²) in [5.74, 6) is -0.162. The Kier molecular flexibility index (Phi) is 6.05. The molecule has 2 aromatic carbocycles. The van der Waals surface area contributed by atoms with Crippen molar-refractivity contribution in [1.29, 1.82) is 0 Å². The number of nitrogens with one attached hydrogen (secondary N) is 1. The lowest BCUT2D eigenvalue weighted by Gasteiger charge is -2.20. The topological polar surface area (TPSA) is 44.7 Å². The summed E-state index contributed by atoms with van der Waals surface area (Å²) in [7, 11) is 0. The van der Waals surface area contributed by atoms with Crippen LogP contribution >= 0.6 is 0 Å². The Morgan fingerprint density at radius 1 is 1.00 bits per heavy atom. The van der Waals surface area contributed by atoms with Gasteiger partial charge in [0.15, 0.2) is 0 Å². The van der Waals surface area contributed by atoms with E-state index in [9.17, 15) is 4.79 Å². The fourth-order valence-electron chi connectivity index (χ4n) is 3.47. The SMILES string of the molecule is CCN(CC)c1ccc(C(=O)N/N=C2/CCCCc3ccccc32)cc1. The summed E-state index contributed by atoms with van der Waals surface area (Å²) >= 11 is 0. The molecule has 1 aliphatic carbocycles. The second kappa shape index (κ2) is 8.65. The van der Waals surface area contributed by atoms with E-state index in [2.05, 4.69) is 47.5 Å². The fraction of sp³-hybridized carbons (Fsp3) is 0.364. The molecule has 136 valence electrons. The van der Waals surface area contributed by atoms with E-state index in [1.54, 1.807) is 0 Å². The van der Waals surface area contributed by atoms with Gasteiger partial charge in [-0.1, -0.05) is 24.3 Å². The number of benzene rings is 2. The largest absolute Gasteiger partial charge is 0.372 e. The van der Waals surface area contributed by atoms with Gasteiger partial charge >= 0.3 is 0 Å². The number of fused-ring (bicyclic) bond motifs is 1. The summed E-state index contributed by atoms with van der Waals surface area (Å²) in [6.07, 6.45) is 4.24. The number of carbonyl (C=O) groups is 1. The average molecular weight is 349 g/mol. The fourth-order valence-corrected chi connectivity index (χ4v) is 3.47. The molecule has 26 heavy (non-hydrogen) atoms. The van der Waals surface area contributed by atoms with Crippen molar-refractivity contribution in [3.05, 3.63) is 65.2 Å². The minimum absolute atomic E-state index is 0.162. The number of amides is 1. The van der Waals surface area contributed by atoms with Crippen LogP contribution in [-0.2, 0) is 6.42 Å². The van der Waals surface area contributed by atoms with Crippen LogP contribution in [0.25, 0.3) is 0 Å². The van der Waals surface area contributed by atoms with E-state index in [0.717, 1.165) is 50.2 Å². The average Bonchev–Trinajstić information content (AvgIpc) is 2.90. The maximum atomic E-state index is 12.5. The number of rotatable bonds is 5. The zero-order valence-electron chi connectivity index (χ0n) is 15.7. The molecule has 0 atom stereocenters. The Morgan fingerprint density at radius 3 is 2.42 bits per heavy atom. The lowest BCUT2D eigenvalue weighted by atomic mass is 10.0. The maximum Gasteiger partial charge on any atom is 0.271 e. The van der Waals surface area contributed by atoms with Crippen molar-refractivity contribution in [2.75, 3.05) is 18.0 Å². The van der Waals surface area contributed by atoms with Crippen LogP contribution in [0.15, 0.2) is 53.6 Å². The Balaban J connectivity index is 1.73. The van der Waals surface area contributed by atoms with Crippen LogP contribution in [0.4, 0.5) is 5.69 Å². The number of aryl methyl sites for hydroxylation is 1. The van der Waals surface area contributed by atoms with Gasteiger partial charge in [0.25, 0.3) is 5.91 Å². The van der Waals surface area contributed by atoms with Gasteiger partial charge in [0.05, 0.1) is 5.71 Å². The normalized spacial score (nSPS) is 15.2. The molecule has 1 aliphatic rings. The smallest absolute Gasteiger partial charge is 0.271 e. The highest BCUT2D eigenvalue weighted by molar-refractivity contribution is 6.03. The van der Waals surface area contributed by atoms with E-state index in [1.165, 1.54) is 11.1 Å². The summed E-state index contributed by atoms with van der Waals surface area (Å²) in [5, 5.41) is 4.46. The molecule has 0 radical (unpaired) electrons. The Hall–Kier alpha value is -2.62. The molecule has 0 unspecified atom stereocenters. The molecule has 0 fully saturated rings. The van der Waals surface area contributed by atoms with Crippen molar-refractivity contribution in [3.63, 3.8) is 0 Å². The van der Waals surface area contributed by atoms with Gasteiger partial charge in [0.1, 0.15) is 0 Å². The highest BCUT2D eigenvalue weighted by atomic mass is 16.2. The monoisotopic (exact) mass is 349 g/mol. The van der Waals surface area contributed by atoms with Crippen LogP contribution in [0.1, 0.15) is 54.6 Å². The third-order valence-electron chi connectivity index (χ3n) is 4.99. The minimum Gasteiger partial charge on any atom is -0.372 e. The van der Waals surface area contributed by atoms with Crippen molar-refractivity contribution in [2.45, 2.75) is 39.5 Å². The van der Waals surface area contributed by atoms with Crippen molar-refractivity contribution in [3.8, 4) is 0 Å². The van der Waals surface area contributed by atoms with Gasteiger partial charge in [0, 0.05) is 29.9 Å². The first-order chi connectivity index (χ1) is 12.7. The quantitative estimate of drug-likeness (QED) is 0.642. The first-order valence-corrected chi connectivity index (χ1v) is 9.53. The highest BCUT2D eigenvalue weighted by Crippen LogP contribution is 2.21. The Morgan fingerprint density at radius 2 is 1.69 bits per heavy atom. The van der Waals surface area contributed by atoms with Gasteiger partial charge in [0.2, 0.25) is 0 Å². The second-order valence-electron chi connectivity index (χ2n) is 6.58. The molecule has 0 aliphatic heterocycles. The molecule has 0 spiro atoms. The van der Waals surface area contributed by atoms with E-state index in [1.807, 2.05) is 30.3 Å². The molecule has 0 bridgehead atoms. The van der Waals surface area contributed by atoms with E-state index in [-0.39, 0.29) is 5.91 Å². The number of nitrogens with zero attached hydrogens (tertiary/aromatic N) is 2. The Bertz CT molecular complexity index is 776. The lowest BCUT2D eigenvalue weighted by molar-refractivity contribution is 0.0955. The van der Waals surface area contributed by atoms with Crippen LogP contribution in [0, 0.1) is 0 Å². The first-order valence-electron chi connectivity index (χ1n) is 9.53. The zero-order chi connectivity index (χ0) is 18.4. The molecule has 4 heteroatoms. The summed E-state index contributed by atoms with van der Waals surface area (Å²) < 4.78 is 0. The van der Waals surface area contributed by atoms with E-state index in [0.29, 0.717) is 5.56 Å². The van der Waals surface area contributed by atoms with Crippen LogP contribution in [-0.4, -0.2) is 24.7 Å². The number of carbonyl (C=O) groups excluding carboxylic acids is 1. The van der Waals surface area contributed by atoms with E-state index < -0.39 is 0 Å². The van der Waals surface area contributed by atoms with Crippen LogP contribution in [0.5, 0.6) is 0 Å². The highest BCUT2D eigenvalue weighted by Gasteiger charge is 2.14. The Labute approximate surface area is 155 Å². The molecule has 0 saturated heterocycles. The van der Waals surface area contributed by atoms with Crippen LogP contribution in [0.2, 0.25) is 0 Å². The summed E-state index contributed by atoms with van der Waals surface area (Å²) in [6.45, 7) is 6.17. The third-order valence-corrected chi connectivity index (χ3v) is 4.99. The van der Waals surface area contributed by atoms with Gasteiger partial charge in [-0.25, -0.2) is 5.43 Å². The van der Waals surface area contributed by atoms with Crippen molar-refractivity contribution < 1.29 is 4.79 Å². The van der Waals surface area contributed by atoms with Gasteiger partial charge < -0.3 is 4.90 Å². The van der Waals surface area contributed by atoms with Crippen molar-refractivity contribution in [2.24, 2.45) is 5.10 Å². The molecule has 4 nitrogen and oxygen atoms in total. The molecule has 0 saturated carbocycles. The van der Waals surface area contributed by atoms with Crippen LogP contribution < -0.4 is 10.3 Å². The molecular weight excluding hydrogens is 322 g/mol. The van der Waals surface area contributed by atoms with Crippen molar-refractivity contribution >= 4 is 17.3 Å². The summed E-state index contributed by atoms with van der Waals surface area (Å²) in [5.41, 5.74) is 7.98. The molecule has 0 heterocycles. The number of anilines is 1. The molecule has 2 aromatic rings. The minimum atomic E-state index is -0.162. The van der Waals surface area contributed by atoms with E-state index >= 15 is 0 Å². The van der Waals surface area contributed by atoms with Gasteiger partial charge in [-0.2, -0.15) is 5.10 Å². The molecule has 1 N–H and O–H groups in total. The van der Waals surface area contributed by atoms with E-state index in [4.69, 9.17) is 0 Å². The third kappa shape index (κ3) is 4.13. The molecular formula is C22H27N3O. The summed E-state index contributed by atoms with van der Waals surface area (Å²) in [4.78, 5) is 14.7. The number of hydrogen-bond acceptors (Lipinski definition) is 3. The predicted molar refractivity (Wildman–Crippen MR) is 108 cm³/mol. The number of hydrazone groups is 1. The van der Waals surface area contributed by atoms with Crippen molar-refractivity contribution in [1.82, 2.24) is 5.43 Å². The maximum absolute atomic E-state index is 12.5. The summed E-state index contributed by atoms with van der Waals surface area (Å²) in [6, 6.07) is 16.1. The van der Waals surface area contributed by atoms with Gasteiger partial charge in [-0.05, 0) is 69.4 Å². The molecule has 1 amide bonds. The van der Waals surface area contributed by atoms with Gasteiger partial charge in [-0.15, -0.1) is 0 Å². The predicted octanol–water partition coefficient (Wildman–Crippen LogP) is 4.39. The number of hydrogen-bond donors (Lipinski definition) is 1. The first kappa shape index (κ1) is 18.2. The lowest BCUT2D eigenvalue weighted by Crippen LogP contribution is -2.22. The molecule has 0 aromatic heterocycles. The van der Waals surface area contributed by atoms with Crippen LogP contribution in [0.3, 0.4) is 0 Å².